The van der Waals surface area contributed by atoms with Crippen LogP contribution < -0.4 is 10.9 Å². The molecule has 0 fully saturated rings. The van der Waals surface area contributed by atoms with Crippen molar-refractivity contribution in [2.75, 3.05) is 6.54 Å². The van der Waals surface area contributed by atoms with E-state index in [-0.39, 0.29) is 11.5 Å². The van der Waals surface area contributed by atoms with E-state index in [0.717, 1.165) is 11.9 Å². The van der Waals surface area contributed by atoms with Crippen molar-refractivity contribution in [3.63, 3.8) is 0 Å². The number of hydrogen-bond acceptors (Lipinski definition) is 4. The first-order valence-electron chi connectivity index (χ1n) is 7.73. The van der Waals surface area contributed by atoms with Crippen LogP contribution in [-0.2, 0) is 4.79 Å². The highest BCUT2D eigenvalue weighted by Crippen LogP contribution is 2.18. The molecule has 1 atom stereocenters. The van der Waals surface area contributed by atoms with Crippen LogP contribution in [0, 0.1) is 5.92 Å². The van der Waals surface area contributed by atoms with Crippen LogP contribution >= 0.6 is 0 Å². The second-order valence-electron chi connectivity index (χ2n) is 6.10. The largest absolute Gasteiger partial charge is 0.463 e. The van der Waals surface area contributed by atoms with Crippen LogP contribution in [0.1, 0.15) is 33.2 Å². The molecule has 0 saturated heterocycles. The van der Waals surface area contributed by atoms with Crippen molar-refractivity contribution in [3.05, 3.63) is 35.1 Å². The summed E-state index contributed by atoms with van der Waals surface area (Å²) in [5, 5.41) is 6.98. The standard InChI is InChI=1S/C16H20N4O3/c1-10(2)4-6-17-15(21)11(3)20-16(22)13-8-14-12(5-7-23-14)19(13)9-18-20/h5,7-11H,4,6H2,1-3H3,(H,17,21)/t11-/m1/s1. The van der Waals surface area contributed by atoms with Crippen LogP contribution in [0.15, 0.2) is 33.9 Å². The Bertz CT molecular complexity index is 903. The molecule has 3 heterocycles. The molecule has 0 bridgehead atoms. The molecule has 23 heavy (non-hydrogen) atoms. The molecule has 122 valence electrons. The minimum Gasteiger partial charge on any atom is -0.463 e. The molecule has 3 rings (SSSR count). The molecule has 0 aliphatic rings. The summed E-state index contributed by atoms with van der Waals surface area (Å²) in [5.74, 6) is 0.304. The van der Waals surface area contributed by atoms with Crippen molar-refractivity contribution in [2.24, 2.45) is 5.92 Å². The maximum Gasteiger partial charge on any atom is 0.291 e. The number of amides is 1. The molecule has 0 unspecified atom stereocenters. The number of aromatic nitrogens is 3. The van der Waals surface area contributed by atoms with Gasteiger partial charge in [-0.15, -0.1) is 0 Å². The fourth-order valence-electron chi connectivity index (χ4n) is 2.53. The Labute approximate surface area is 132 Å². The van der Waals surface area contributed by atoms with Crippen molar-refractivity contribution in [3.8, 4) is 0 Å². The number of carbonyl (C=O) groups is 1. The van der Waals surface area contributed by atoms with Gasteiger partial charge in [0.05, 0.1) is 11.8 Å². The molecule has 1 N–H and O–H groups in total. The van der Waals surface area contributed by atoms with Crippen LogP contribution in [-0.4, -0.2) is 26.6 Å². The zero-order valence-corrected chi connectivity index (χ0v) is 13.4. The molecule has 1 amide bonds. The fraction of sp³-hybridized carbons (Fsp3) is 0.438. The van der Waals surface area contributed by atoms with Gasteiger partial charge in [-0.2, -0.15) is 5.10 Å². The van der Waals surface area contributed by atoms with Gasteiger partial charge < -0.3 is 9.73 Å². The van der Waals surface area contributed by atoms with E-state index in [1.54, 1.807) is 29.7 Å². The number of rotatable bonds is 5. The minimum absolute atomic E-state index is 0.208. The number of hydrogen-bond donors (Lipinski definition) is 1. The summed E-state index contributed by atoms with van der Waals surface area (Å²) in [4.78, 5) is 24.8. The van der Waals surface area contributed by atoms with E-state index < -0.39 is 6.04 Å². The van der Waals surface area contributed by atoms with Gasteiger partial charge in [-0.25, -0.2) is 4.68 Å². The van der Waals surface area contributed by atoms with Crippen LogP contribution in [0.25, 0.3) is 16.6 Å². The van der Waals surface area contributed by atoms with Crippen molar-refractivity contribution in [1.82, 2.24) is 19.5 Å². The predicted molar refractivity (Wildman–Crippen MR) is 86.4 cm³/mol. The fourth-order valence-corrected chi connectivity index (χ4v) is 2.53. The van der Waals surface area contributed by atoms with Gasteiger partial charge in [0.15, 0.2) is 5.58 Å². The molecule has 0 aliphatic heterocycles. The number of furan rings is 1. The topological polar surface area (TPSA) is 81.5 Å². The van der Waals surface area contributed by atoms with Gasteiger partial charge in [0.2, 0.25) is 5.91 Å². The smallest absolute Gasteiger partial charge is 0.291 e. The summed E-state index contributed by atoms with van der Waals surface area (Å²) in [6.07, 6.45) is 3.99. The average molecular weight is 316 g/mol. The lowest BCUT2D eigenvalue weighted by atomic mass is 10.1. The third-order valence-corrected chi connectivity index (χ3v) is 3.95. The second-order valence-corrected chi connectivity index (χ2v) is 6.10. The maximum atomic E-state index is 12.6. The van der Waals surface area contributed by atoms with E-state index in [1.165, 1.54) is 11.0 Å². The van der Waals surface area contributed by atoms with Gasteiger partial charge in [0.25, 0.3) is 5.56 Å². The molecule has 0 aromatic carbocycles. The Morgan fingerprint density at radius 1 is 1.35 bits per heavy atom. The van der Waals surface area contributed by atoms with Crippen LogP contribution in [0.2, 0.25) is 0 Å². The third-order valence-electron chi connectivity index (χ3n) is 3.95. The normalized spacial score (nSPS) is 13.0. The zero-order valence-electron chi connectivity index (χ0n) is 13.4. The van der Waals surface area contributed by atoms with Crippen LogP contribution in [0.4, 0.5) is 0 Å². The molecule has 3 aromatic heterocycles. The van der Waals surface area contributed by atoms with E-state index in [4.69, 9.17) is 4.42 Å². The first-order chi connectivity index (χ1) is 11.0. The zero-order chi connectivity index (χ0) is 16.6. The first kappa shape index (κ1) is 15.3. The summed E-state index contributed by atoms with van der Waals surface area (Å²) in [6.45, 7) is 6.45. The molecule has 7 heteroatoms. The lowest BCUT2D eigenvalue weighted by molar-refractivity contribution is -0.124. The number of nitrogens with one attached hydrogen (secondary N) is 1. The predicted octanol–water partition coefficient (Wildman–Crippen LogP) is 1.97. The summed E-state index contributed by atoms with van der Waals surface area (Å²) in [6, 6.07) is 2.77. The molecule has 0 saturated carbocycles. The summed E-state index contributed by atoms with van der Waals surface area (Å²) < 4.78 is 8.18. The van der Waals surface area contributed by atoms with Gasteiger partial charge in [0, 0.05) is 18.7 Å². The number of carbonyl (C=O) groups excluding carboxylic acids is 1. The lowest BCUT2D eigenvalue weighted by Crippen LogP contribution is -2.38. The maximum absolute atomic E-state index is 12.6. The Morgan fingerprint density at radius 2 is 2.13 bits per heavy atom. The highest BCUT2D eigenvalue weighted by atomic mass is 16.3. The minimum atomic E-state index is -0.666. The lowest BCUT2D eigenvalue weighted by Gasteiger charge is -2.14. The van der Waals surface area contributed by atoms with Crippen molar-refractivity contribution < 1.29 is 9.21 Å². The quantitative estimate of drug-likeness (QED) is 0.780. The third kappa shape index (κ3) is 2.74. The second kappa shape index (κ2) is 5.91. The molecule has 7 nitrogen and oxygen atoms in total. The van der Waals surface area contributed by atoms with E-state index in [9.17, 15) is 9.59 Å². The monoisotopic (exact) mass is 316 g/mol. The first-order valence-corrected chi connectivity index (χ1v) is 7.73. The van der Waals surface area contributed by atoms with Gasteiger partial charge in [-0.1, -0.05) is 13.8 Å². The van der Waals surface area contributed by atoms with Gasteiger partial charge >= 0.3 is 0 Å². The van der Waals surface area contributed by atoms with Crippen molar-refractivity contribution >= 4 is 22.5 Å². The SMILES string of the molecule is CC(C)CCNC(=O)[C@@H](C)n1ncn2c(cc3occc32)c1=O. The van der Waals surface area contributed by atoms with Crippen molar-refractivity contribution in [1.29, 1.82) is 0 Å². The Balaban J connectivity index is 1.88. The number of fused-ring (bicyclic) bond motifs is 3. The Morgan fingerprint density at radius 3 is 2.87 bits per heavy atom. The molecule has 3 aromatic rings. The Hall–Kier alpha value is -2.57. The summed E-state index contributed by atoms with van der Waals surface area (Å²) in [7, 11) is 0. The van der Waals surface area contributed by atoms with Crippen molar-refractivity contribution in [2.45, 2.75) is 33.2 Å². The summed E-state index contributed by atoms with van der Waals surface area (Å²) in [5.41, 5.74) is 1.53. The molecular weight excluding hydrogens is 296 g/mol. The summed E-state index contributed by atoms with van der Waals surface area (Å²) >= 11 is 0. The van der Waals surface area contributed by atoms with Gasteiger partial charge in [-0.3, -0.25) is 14.0 Å². The van der Waals surface area contributed by atoms with E-state index in [2.05, 4.69) is 24.3 Å². The van der Waals surface area contributed by atoms with Crippen LogP contribution in [0.5, 0.6) is 0 Å². The van der Waals surface area contributed by atoms with E-state index in [1.807, 2.05) is 0 Å². The molecular formula is C16H20N4O3. The molecule has 0 radical (unpaired) electrons. The highest BCUT2D eigenvalue weighted by Gasteiger charge is 2.19. The highest BCUT2D eigenvalue weighted by molar-refractivity contribution is 5.82. The Kier molecular flexibility index (Phi) is 3.94. The van der Waals surface area contributed by atoms with Gasteiger partial charge in [-0.05, 0) is 19.3 Å². The molecule has 0 aliphatic carbocycles. The van der Waals surface area contributed by atoms with E-state index >= 15 is 0 Å². The van der Waals surface area contributed by atoms with Crippen LogP contribution in [0.3, 0.4) is 0 Å². The number of nitrogens with zero attached hydrogens (tertiary/aromatic N) is 3. The van der Waals surface area contributed by atoms with E-state index in [0.29, 0.717) is 23.6 Å². The molecule has 0 spiro atoms. The average Bonchev–Trinajstić information content (AvgIpc) is 3.08. The van der Waals surface area contributed by atoms with Gasteiger partial charge in [0.1, 0.15) is 17.9 Å².